The number of aryl methyl sites for hydroxylation is 2. The lowest BCUT2D eigenvalue weighted by Gasteiger charge is -2.24. The number of methoxy groups -OCH3 is 2. The first-order valence-electron chi connectivity index (χ1n) is 12.7. The van der Waals surface area contributed by atoms with Crippen molar-refractivity contribution in [2.75, 3.05) is 32.3 Å². The van der Waals surface area contributed by atoms with E-state index < -0.39 is 23.7 Å². The molecule has 1 atom stereocenters. The number of esters is 1. The minimum atomic E-state index is -1.09. The number of Topliss-reactive ketones (excluding diaryl/α,β-unsaturated/α-hetero) is 1. The van der Waals surface area contributed by atoms with Crippen molar-refractivity contribution in [2.45, 2.75) is 26.8 Å². The number of benzene rings is 2. The Labute approximate surface area is 241 Å². The Hall–Kier alpha value is -4.64. The summed E-state index contributed by atoms with van der Waals surface area (Å²) in [6.07, 6.45) is 1.61. The molecule has 4 rings (SSSR count). The first-order valence-corrected chi connectivity index (χ1v) is 13.5. The smallest absolute Gasteiger partial charge is 0.350 e. The van der Waals surface area contributed by atoms with Gasteiger partial charge in [0, 0.05) is 5.56 Å². The van der Waals surface area contributed by atoms with Gasteiger partial charge in [-0.15, -0.1) is 0 Å². The zero-order chi connectivity index (χ0) is 29.8. The Kier molecular flexibility index (Phi) is 8.77. The predicted octanol–water partition coefficient (Wildman–Crippen LogP) is 5.14. The summed E-state index contributed by atoms with van der Waals surface area (Å²) in [5.74, 6) is -1.40. The van der Waals surface area contributed by atoms with Gasteiger partial charge < -0.3 is 24.1 Å². The van der Waals surface area contributed by atoms with Gasteiger partial charge in [0.2, 0.25) is 0 Å². The molecule has 1 N–H and O–H groups in total. The van der Waals surface area contributed by atoms with Gasteiger partial charge in [-0.25, -0.2) is 9.78 Å². The highest BCUT2D eigenvalue weighted by Gasteiger charge is 2.48. The first kappa shape index (κ1) is 29.3. The topological polar surface area (TPSA) is 124 Å². The number of anilines is 1. The number of ketones is 1. The highest BCUT2D eigenvalue weighted by atomic mass is 32.1. The summed E-state index contributed by atoms with van der Waals surface area (Å²) in [4.78, 5) is 45.5. The largest absolute Gasteiger partial charge is 0.507 e. The van der Waals surface area contributed by atoms with Crippen molar-refractivity contribution in [3.05, 3.63) is 81.9 Å². The van der Waals surface area contributed by atoms with E-state index in [1.807, 2.05) is 0 Å². The number of hydrogen-bond acceptors (Lipinski definition) is 10. The van der Waals surface area contributed by atoms with Gasteiger partial charge in [-0.05, 0) is 62.2 Å². The molecule has 3 aromatic rings. The van der Waals surface area contributed by atoms with Gasteiger partial charge in [0.1, 0.15) is 23.0 Å². The van der Waals surface area contributed by atoms with Crippen LogP contribution in [-0.4, -0.2) is 55.2 Å². The van der Waals surface area contributed by atoms with Crippen LogP contribution in [0.2, 0.25) is 0 Å². The number of ether oxygens (including phenoxy) is 4. The molecule has 1 saturated heterocycles. The number of carbonyl (C=O) groups excluding carboxylic acids is 3. The first-order chi connectivity index (χ1) is 19.7. The standard InChI is InChI=1S/C30H30N2O8S/c1-7-13-40-19-10-11-20(16(3)14-19)25(33)23-24(18-9-12-21(37-5)22(15-18)38-6)32(28(35)26(23)34)30-31-17(4)27(41-30)29(36)39-8-2/h7,9-12,14-15,24,33H,1,8,13H2,2-6H3. The van der Waals surface area contributed by atoms with Crippen LogP contribution in [0, 0.1) is 13.8 Å². The molecule has 1 amide bonds. The summed E-state index contributed by atoms with van der Waals surface area (Å²) >= 11 is 0.931. The molecule has 1 unspecified atom stereocenters. The van der Waals surface area contributed by atoms with E-state index in [-0.39, 0.29) is 27.9 Å². The van der Waals surface area contributed by atoms with Crippen LogP contribution in [0.1, 0.15) is 45.0 Å². The third-order valence-corrected chi connectivity index (χ3v) is 7.58. The Morgan fingerprint density at radius 3 is 2.49 bits per heavy atom. The summed E-state index contributed by atoms with van der Waals surface area (Å²) in [6, 6.07) is 8.84. The maximum Gasteiger partial charge on any atom is 0.350 e. The van der Waals surface area contributed by atoms with Crippen LogP contribution in [0.3, 0.4) is 0 Å². The van der Waals surface area contributed by atoms with Gasteiger partial charge in [0.15, 0.2) is 16.6 Å². The van der Waals surface area contributed by atoms with Crippen LogP contribution in [0.25, 0.3) is 5.76 Å². The van der Waals surface area contributed by atoms with Gasteiger partial charge >= 0.3 is 11.9 Å². The molecule has 2 aromatic carbocycles. The molecule has 0 aliphatic carbocycles. The Morgan fingerprint density at radius 2 is 1.85 bits per heavy atom. The fourth-order valence-corrected chi connectivity index (χ4v) is 5.52. The lowest BCUT2D eigenvalue weighted by molar-refractivity contribution is -0.132. The van der Waals surface area contributed by atoms with Crippen LogP contribution in [-0.2, 0) is 14.3 Å². The number of thiazole rings is 1. The highest BCUT2D eigenvalue weighted by Crippen LogP contribution is 2.46. The van der Waals surface area contributed by atoms with E-state index in [2.05, 4.69) is 11.6 Å². The lowest BCUT2D eigenvalue weighted by atomic mass is 9.93. The Balaban J connectivity index is 1.93. The van der Waals surface area contributed by atoms with E-state index in [1.54, 1.807) is 63.2 Å². The summed E-state index contributed by atoms with van der Waals surface area (Å²) in [5.41, 5.74) is 1.63. The van der Waals surface area contributed by atoms with Crippen molar-refractivity contribution in [3.63, 3.8) is 0 Å². The highest BCUT2D eigenvalue weighted by molar-refractivity contribution is 7.17. The molecule has 1 aliphatic rings. The molecule has 1 aliphatic heterocycles. The fourth-order valence-electron chi connectivity index (χ4n) is 4.53. The summed E-state index contributed by atoms with van der Waals surface area (Å²) < 4.78 is 21.5. The number of nitrogens with zero attached hydrogens (tertiary/aromatic N) is 2. The second-order valence-corrected chi connectivity index (χ2v) is 9.97. The quantitative estimate of drug-likeness (QED) is 0.114. The van der Waals surface area contributed by atoms with Crippen molar-refractivity contribution in [1.82, 2.24) is 4.98 Å². The Bertz CT molecular complexity index is 1560. The summed E-state index contributed by atoms with van der Waals surface area (Å²) in [6.45, 7) is 9.16. The lowest BCUT2D eigenvalue weighted by Crippen LogP contribution is -2.29. The van der Waals surface area contributed by atoms with E-state index in [0.717, 1.165) is 11.3 Å². The number of aromatic nitrogens is 1. The second kappa shape index (κ2) is 12.3. The van der Waals surface area contributed by atoms with Gasteiger partial charge in [-0.3, -0.25) is 14.5 Å². The zero-order valence-corrected chi connectivity index (χ0v) is 24.2. The molecule has 0 bridgehead atoms. The van der Waals surface area contributed by atoms with Crippen LogP contribution < -0.4 is 19.1 Å². The molecule has 0 radical (unpaired) electrons. The van der Waals surface area contributed by atoms with E-state index in [0.29, 0.717) is 46.2 Å². The molecule has 11 heteroatoms. The maximum absolute atomic E-state index is 13.6. The monoisotopic (exact) mass is 578 g/mol. The van der Waals surface area contributed by atoms with E-state index >= 15 is 0 Å². The molecule has 2 heterocycles. The molecule has 41 heavy (non-hydrogen) atoms. The normalized spacial score (nSPS) is 16.0. The van der Waals surface area contributed by atoms with Gasteiger partial charge in [-0.2, -0.15) is 0 Å². The fraction of sp³-hybridized carbons (Fsp3) is 0.267. The van der Waals surface area contributed by atoms with Gasteiger partial charge in [0.05, 0.1) is 38.1 Å². The SMILES string of the molecule is C=CCOc1ccc(C(O)=C2C(=O)C(=O)N(c3nc(C)c(C(=O)OCC)s3)C2c2ccc(OC)c(OC)c2)c(C)c1. The Morgan fingerprint density at radius 1 is 1.12 bits per heavy atom. The molecule has 0 saturated carbocycles. The van der Waals surface area contributed by atoms with Crippen molar-refractivity contribution in [3.8, 4) is 17.2 Å². The minimum Gasteiger partial charge on any atom is -0.507 e. The average Bonchev–Trinajstić information content (AvgIpc) is 3.47. The number of aliphatic hydroxyl groups excluding tert-OH is 1. The maximum atomic E-state index is 13.6. The molecule has 1 fully saturated rings. The van der Waals surface area contributed by atoms with E-state index in [1.165, 1.54) is 19.1 Å². The zero-order valence-electron chi connectivity index (χ0n) is 23.3. The van der Waals surface area contributed by atoms with Crippen LogP contribution in [0.4, 0.5) is 5.13 Å². The van der Waals surface area contributed by atoms with Crippen molar-refractivity contribution < 1.29 is 38.4 Å². The number of rotatable bonds is 10. The average molecular weight is 579 g/mol. The van der Waals surface area contributed by atoms with Crippen LogP contribution >= 0.6 is 11.3 Å². The molecular formula is C30H30N2O8S. The number of amides is 1. The predicted molar refractivity (Wildman–Crippen MR) is 154 cm³/mol. The van der Waals surface area contributed by atoms with Gasteiger partial charge in [-0.1, -0.05) is 30.1 Å². The van der Waals surface area contributed by atoms with Crippen molar-refractivity contribution >= 4 is 39.9 Å². The number of hydrogen-bond donors (Lipinski definition) is 1. The van der Waals surface area contributed by atoms with Crippen molar-refractivity contribution in [1.29, 1.82) is 0 Å². The minimum absolute atomic E-state index is 0.108. The summed E-state index contributed by atoms with van der Waals surface area (Å²) in [7, 11) is 2.96. The molecule has 214 valence electrons. The van der Waals surface area contributed by atoms with Crippen molar-refractivity contribution in [2.24, 2.45) is 0 Å². The third kappa shape index (κ3) is 5.53. The second-order valence-electron chi connectivity index (χ2n) is 8.99. The summed E-state index contributed by atoms with van der Waals surface area (Å²) in [5, 5.41) is 11.7. The van der Waals surface area contributed by atoms with E-state index in [4.69, 9.17) is 18.9 Å². The molecule has 10 nitrogen and oxygen atoms in total. The number of carbonyl (C=O) groups is 3. The number of aliphatic hydroxyl groups is 1. The third-order valence-electron chi connectivity index (χ3n) is 6.44. The molecular weight excluding hydrogens is 548 g/mol. The molecule has 0 spiro atoms. The van der Waals surface area contributed by atoms with Gasteiger partial charge in [0.25, 0.3) is 5.78 Å². The van der Waals surface area contributed by atoms with E-state index in [9.17, 15) is 19.5 Å². The van der Waals surface area contributed by atoms with Crippen LogP contribution in [0.5, 0.6) is 17.2 Å². The van der Waals surface area contributed by atoms with Crippen LogP contribution in [0.15, 0.2) is 54.6 Å². The molecule has 1 aromatic heterocycles.